The van der Waals surface area contributed by atoms with Crippen LogP contribution in [0.1, 0.15) is 25.0 Å². The van der Waals surface area contributed by atoms with Crippen molar-refractivity contribution < 1.29 is 0 Å². The highest BCUT2D eigenvalue weighted by Gasteiger charge is 2.20. The number of rotatable bonds is 5. The topological polar surface area (TPSA) is 34.1 Å². The number of piperazine rings is 1. The normalized spacial score (nSPS) is 20.7. The van der Waals surface area contributed by atoms with Gasteiger partial charge in [0, 0.05) is 59.4 Å². The van der Waals surface area contributed by atoms with Crippen LogP contribution < -0.4 is 5.32 Å². The van der Waals surface area contributed by atoms with Gasteiger partial charge in [0.25, 0.3) is 0 Å². The second-order valence-electron chi connectivity index (χ2n) is 7.71. The fourth-order valence-electron chi connectivity index (χ4n) is 4.07. The van der Waals surface area contributed by atoms with Crippen LogP contribution in [0, 0.1) is 5.92 Å². The van der Waals surface area contributed by atoms with E-state index in [0.717, 1.165) is 32.0 Å². The van der Waals surface area contributed by atoms with Gasteiger partial charge in [-0.2, -0.15) is 0 Å². The average molecular weight is 358 g/mol. The van der Waals surface area contributed by atoms with Gasteiger partial charge < -0.3 is 20.0 Å². The second-order valence-corrected chi connectivity index (χ2v) is 7.71. The molecule has 1 atom stereocenters. The molecule has 1 aromatic carbocycles. The second kappa shape index (κ2) is 9.38. The Morgan fingerprint density at radius 1 is 1.08 bits per heavy atom. The molecule has 1 fully saturated rings. The summed E-state index contributed by atoms with van der Waals surface area (Å²) < 4.78 is 0. The maximum atomic E-state index is 4.54. The highest BCUT2D eigenvalue weighted by molar-refractivity contribution is 5.80. The van der Waals surface area contributed by atoms with Gasteiger partial charge in [0.1, 0.15) is 0 Å². The highest BCUT2D eigenvalue weighted by Crippen LogP contribution is 2.18. The summed E-state index contributed by atoms with van der Waals surface area (Å²) >= 11 is 0. The van der Waals surface area contributed by atoms with E-state index in [9.17, 15) is 0 Å². The van der Waals surface area contributed by atoms with Crippen molar-refractivity contribution >= 4 is 5.96 Å². The monoisotopic (exact) mass is 357 g/mol. The molecule has 0 aliphatic carbocycles. The van der Waals surface area contributed by atoms with Gasteiger partial charge in [-0.3, -0.25) is 4.99 Å². The quantitative estimate of drug-likeness (QED) is 0.645. The molecular formula is C21H35N5. The molecule has 5 nitrogen and oxygen atoms in total. The lowest BCUT2D eigenvalue weighted by molar-refractivity contribution is 0.124. The fourth-order valence-corrected chi connectivity index (χ4v) is 4.07. The zero-order chi connectivity index (χ0) is 18.4. The number of likely N-dealkylation sites (N-methyl/N-ethyl adjacent to an activating group) is 1. The molecule has 1 N–H and O–H groups in total. The third-order valence-corrected chi connectivity index (χ3v) is 5.73. The number of nitrogens with one attached hydrogen (secondary N) is 1. The number of fused-ring (bicyclic) bond motifs is 1. The zero-order valence-electron chi connectivity index (χ0n) is 16.7. The van der Waals surface area contributed by atoms with Gasteiger partial charge in [0.2, 0.25) is 0 Å². The summed E-state index contributed by atoms with van der Waals surface area (Å²) in [6, 6.07) is 8.78. The Hall–Kier alpha value is -1.59. The van der Waals surface area contributed by atoms with Crippen molar-refractivity contribution in [2.45, 2.75) is 26.8 Å². The van der Waals surface area contributed by atoms with E-state index in [-0.39, 0.29) is 0 Å². The molecular weight excluding hydrogens is 322 g/mol. The smallest absolute Gasteiger partial charge is 0.193 e. The van der Waals surface area contributed by atoms with Crippen LogP contribution >= 0.6 is 0 Å². The first-order chi connectivity index (χ1) is 12.7. The van der Waals surface area contributed by atoms with Gasteiger partial charge in [-0.15, -0.1) is 0 Å². The van der Waals surface area contributed by atoms with Gasteiger partial charge in [-0.1, -0.05) is 38.1 Å². The lowest BCUT2D eigenvalue weighted by Gasteiger charge is -2.36. The molecule has 1 saturated heterocycles. The van der Waals surface area contributed by atoms with E-state index in [2.05, 4.69) is 63.1 Å². The van der Waals surface area contributed by atoms with Crippen molar-refractivity contribution in [3.05, 3.63) is 35.4 Å². The van der Waals surface area contributed by atoms with Crippen LogP contribution in [0.25, 0.3) is 0 Å². The zero-order valence-corrected chi connectivity index (χ0v) is 16.7. The van der Waals surface area contributed by atoms with Gasteiger partial charge in [-0.05, 0) is 30.0 Å². The molecule has 3 rings (SSSR count). The first-order valence-electron chi connectivity index (χ1n) is 10.2. The number of hydrogen-bond acceptors (Lipinski definition) is 3. The molecule has 0 aromatic heterocycles. The third kappa shape index (κ3) is 4.98. The molecule has 144 valence electrons. The molecule has 0 saturated carbocycles. The molecule has 2 aliphatic heterocycles. The molecule has 0 radical (unpaired) electrons. The largest absolute Gasteiger partial charge is 0.356 e. The first kappa shape index (κ1) is 19.2. The van der Waals surface area contributed by atoms with Gasteiger partial charge >= 0.3 is 0 Å². The number of hydrogen-bond donors (Lipinski definition) is 1. The van der Waals surface area contributed by atoms with Gasteiger partial charge in [0.05, 0.1) is 0 Å². The SMILES string of the molecule is CCN1CCN(CC(C)CNC(=NC)N2CCc3ccccc3C2)CC1. The Morgan fingerprint density at radius 3 is 2.46 bits per heavy atom. The molecule has 2 heterocycles. The summed E-state index contributed by atoms with van der Waals surface area (Å²) in [5.41, 5.74) is 2.92. The Kier molecular flexibility index (Phi) is 6.92. The summed E-state index contributed by atoms with van der Waals surface area (Å²) in [4.78, 5) is 12.1. The van der Waals surface area contributed by atoms with Crippen molar-refractivity contribution in [2.24, 2.45) is 10.9 Å². The summed E-state index contributed by atoms with van der Waals surface area (Å²) in [5, 5.41) is 3.62. The van der Waals surface area contributed by atoms with Crippen LogP contribution in [-0.2, 0) is 13.0 Å². The highest BCUT2D eigenvalue weighted by atomic mass is 15.3. The predicted octanol–water partition coefficient (Wildman–Crippen LogP) is 1.89. The Balaban J connectivity index is 1.44. The summed E-state index contributed by atoms with van der Waals surface area (Å²) in [7, 11) is 1.90. The number of benzene rings is 1. The molecule has 5 heteroatoms. The summed E-state index contributed by atoms with van der Waals surface area (Å²) in [5.74, 6) is 1.67. The van der Waals surface area contributed by atoms with Crippen molar-refractivity contribution in [3.8, 4) is 0 Å². The average Bonchev–Trinajstić information content (AvgIpc) is 2.69. The lowest BCUT2D eigenvalue weighted by atomic mass is 10.0. The summed E-state index contributed by atoms with van der Waals surface area (Å²) in [6.07, 6.45) is 1.11. The molecule has 26 heavy (non-hydrogen) atoms. The fraction of sp³-hybridized carbons (Fsp3) is 0.667. The predicted molar refractivity (Wildman–Crippen MR) is 110 cm³/mol. The van der Waals surface area contributed by atoms with Crippen LogP contribution in [0.5, 0.6) is 0 Å². The van der Waals surface area contributed by atoms with Crippen LogP contribution in [0.2, 0.25) is 0 Å². The molecule has 1 unspecified atom stereocenters. The van der Waals surface area contributed by atoms with E-state index in [1.807, 2.05) is 7.05 Å². The standard InChI is InChI=1S/C21H35N5/c1-4-24-11-13-25(14-12-24)16-18(2)15-23-21(22-3)26-10-9-19-7-5-6-8-20(19)17-26/h5-8,18H,4,9-17H2,1-3H3,(H,22,23). The first-order valence-corrected chi connectivity index (χ1v) is 10.2. The number of aliphatic imine (C=N–C) groups is 1. The number of nitrogens with zero attached hydrogens (tertiary/aromatic N) is 4. The van der Waals surface area contributed by atoms with Crippen LogP contribution in [0.15, 0.2) is 29.3 Å². The van der Waals surface area contributed by atoms with Crippen LogP contribution in [0.3, 0.4) is 0 Å². The Bertz CT molecular complexity index is 592. The Labute approximate surface area is 159 Å². The van der Waals surface area contributed by atoms with Gasteiger partial charge in [-0.25, -0.2) is 0 Å². The van der Waals surface area contributed by atoms with E-state index in [1.54, 1.807) is 0 Å². The van der Waals surface area contributed by atoms with Crippen LogP contribution in [-0.4, -0.2) is 80.1 Å². The van der Waals surface area contributed by atoms with Gasteiger partial charge in [0.15, 0.2) is 5.96 Å². The molecule has 0 amide bonds. The van der Waals surface area contributed by atoms with Crippen molar-refractivity contribution in [1.29, 1.82) is 0 Å². The van der Waals surface area contributed by atoms with Crippen LogP contribution in [0.4, 0.5) is 0 Å². The lowest BCUT2D eigenvalue weighted by Crippen LogP contribution is -2.49. The molecule has 2 aliphatic rings. The maximum absolute atomic E-state index is 4.54. The van der Waals surface area contributed by atoms with E-state index < -0.39 is 0 Å². The molecule has 0 spiro atoms. The molecule has 0 bridgehead atoms. The summed E-state index contributed by atoms with van der Waals surface area (Å²) in [6.45, 7) is 14.8. The third-order valence-electron chi connectivity index (χ3n) is 5.73. The maximum Gasteiger partial charge on any atom is 0.193 e. The minimum Gasteiger partial charge on any atom is -0.356 e. The van der Waals surface area contributed by atoms with E-state index >= 15 is 0 Å². The Morgan fingerprint density at radius 2 is 1.77 bits per heavy atom. The van der Waals surface area contributed by atoms with E-state index in [4.69, 9.17) is 0 Å². The minimum absolute atomic E-state index is 0.622. The van der Waals surface area contributed by atoms with Crippen molar-refractivity contribution in [3.63, 3.8) is 0 Å². The van der Waals surface area contributed by atoms with Crippen molar-refractivity contribution in [2.75, 3.05) is 59.4 Å². The number of guanidine groups is 1. The van der Waals surface area contributed by atoms with E-state index in [0.29, 0.717) is 5.92 Å². The molecule has 1 aromatic rings. The minimum atomic E-state index is 0.622. The van der Waals surface area contributed by atoms with E-state index in [1.165, 1.54) is 50.4 Å². The van der Waals surface area contributed by atoms with Crippen molar-refractivity contribution in [1.82, 2.24) is 20.0 Å².